The van der Waals surface area contributed by atoms with E-state index in [0.29, 0.717) is 27.5 Å². The van der Waals surface area contributed by atoms with Crippen molar-refractivity contribution in [3.8, 4) is 0 Å². The summed E-state index contributed by atoms with van der Waals surface area (Å²) in [6.45, 7) is 1.39. The lowest BCUT2D eigenvalue weighted by Crippen LogP contribution is -2.25. The number of nitrogens with two attached hydrogens (primary N) is 1. The van der Waals surface area contributed by atoms with E-state index in [4.69, 9.17) is 5.73 Å². The highest BCUT2D eigenvalue weighted by molar-refractivity contribution is 7.21. The van der Waals surface area contributed by atoms with Gasteiger partial charge in [0, 0.05) is 37.9 Å². The monoisotopic (exact) mass is 302 g/mol. The molecule has 21 heavy (non-hydrogen) atoms. The van der Waals surface area contributed by atoms with Crippen LogP contribution in [0.4, 0.5) is 5.69 Å². The summed E-state index contributed by atoms with van der Waals surface area (Å²) in [5, 5.41) is 2.87. The van der Waals surface area contributed by atoms with Gasteiger partial charge in [-0.15, -0.1) is 11.3 Å². The van der Waals surface area contributed by atoms with Gasteiger partial charge in [0.2, 0.25) is 0 Å². The molecule has 3 N–H and O–H groups in total. The summed E-state index contributed by atoms with van der Waals surface area (Å²) in [5.74, 6) is -0.178. The van der Waals surface area contributed by atoms with Gasteiger partial charge < -0.3 is 15.6 Å². The molecule has 3 aromatic heterocycles. The number of carbonyl (C=O) groups is 1. The Labute approximate surface area is 124 Å². The lowest BCUT2D eigenvalue weighted by Gasteiger charge is -2.05. The number of aryl methyl sites for hydroxylation is 1. The molecular weight excluding hydrogens is 288 g/mol. The summed E-state index contributed by atoms with van der Waals surface area (Å²) in [6, 6.07) is 0. The van der Waals surface area contributed by atoms with E-state index in [2.05, 4.69) is 20.3 Å². The maximum Gasteiger partial charge on any atom is 0.263 e. The molecule has 0 saturated heterocycles. The fraction of sp³-hybridized carbons (Fsp3) is 0.231. The number of aromatic nitrogens is 4. The minimum Gasteiger partial charge on any atom is -0.396 e. The van der Waals surface area contributed by atoms with Crippen molar-refractivity contribution in [3.05, 3.63) is 36.0 Å². The largest absolute Gasteiger partial charge is 0.396 e. The van der Waals surface area contributed by atoms with Crippen LogP contribution in [-0.2, 0) is 6.54 Å². The zero-order valence-corrected chi connectivity index (χ0v) is 12.0. The van der Waals surface area contributed by atoms with Crippen LogP contribution in [0.25, 0.3) is 10.3 Å². The van der Waals surface area contributed by atoms with Gasteiger partial charge in [-0.3, -0.25) is 4.79 Å². The molecule has 0 fully saturated rings. The maximum absolute atomic E-state index is 12.1. The van der Waals surface area contributed by atoms with E-state index >= 15 is 0 Å². The van der Waals surface area contributed by atoms with Gasteiger partial charge >= 0.3 is 0 Å². The molecule has 0 saturated carbocycles. The van der Waals surface area contributed by atoms with E-state index in [9.17, 15) is 4.79 Å². The van der Waals surface area contributed by atoms with Gasteiger partial charge in [-0.1, -0.05) is 0 Å². The van der Waals surface area contributed by atoms with E-state index in [1.807, 2.05) is 10.8 Å². The molecule has 3 aromatic rings. The number of nitrogens with zero attached hydrogens (tertiary/aromatic N) is 4. The number of thiophene rings is 1. The highest BCUT2D eigenvalue weighted by Crippen LogP contribution is 2.30. The number of rotatable bonds is 5. The van der Waals surface area contributed by atoms with E-state index in [1.54, 1.807) is 24.9 Å². The molecule has 0 radical (unpaired) electrons. The molecule has 0 spiro atoms. The predicted molar refractivity (Wildman–Crippen MR) is 81.0 cm³/mol. The molecule has 3 rings (SSSR count). The lowest BCUT2D eigenvalue weighted by molar-refractivity contribution is 0.0957. The SMILES string of the molecule is Nc1c(C(=O)NCCCn2ccnc2)sc2nccnc12. The second-order valence-corrected chi connectivity index (χ2v) is 5.46. The number of hydrogen-bond acceptors (Lipinski definition) is 6. The van der Waals surface area contributed by atoms with Crippen LogP contribution in [0.15, 0.2) is 31.1 Å². The first-order chi connectivity index (χ1) is 10.3. The van der Waals surface area contributed by atoms with Gasteiger partial charge in [0.05, 0.1) is 12.0 Å². The molecule has 0 bridgehead atoms. The third kappa shape index (κ3) is 2.84. The number of carbonyl (C=O) groups excluding carboxylic acids is 1. The number of imidazole rings is 1. The number of fused-ring (bicyclic) bond motifs is 1. The molecular formula is C13H14N6OS. The van der Waals surface area contributed by atoms with Gasteiger partial charge in [0.15, 0.2) is 0 Å². The summed E-state index contributed by atoms with van der Waals surface area (Å²) >= 11 is 1.26. The Bertz CT molecular complexity index is 751. The average molecular weight is 302 g/mol. The number of anilines is 1. The van der Waals surface area contributed by atoms with Crippen LogP contribution in [0.3, 0.4) is 0 Å². The fourth-order valence-electron chi connectivity index (χ4n) is 1.98. The molecule has 0 aliphatic rings. The third-order valence-electron chi connectivity index (χ3n) is 3.01. The quantitative estimate of drug-likeness (QED) is 0.692. The van der Waals surface area contributed by atoms with E-state index in [0.717, 1.165) is 13.0 Å². The van der Waals surface area contributed by atoms with Crippen LogP contribution >= 0.6 is 11.3 Å². The van der Waals surface area contributed by atoms with Crippen LogP contribution < -0.4 is 11.1 Å². The molecule has 0 aromatic carbocycles. The van der Waals surface area contributed by atoms with E-state index in [1.165, 1.54) is 11.3 Å². The Morgan fingerprint density at radius 2 is 2.19 bits per heavy atom. The van der Waals surface area contributed by atoms with E-state index in [-0.39, 0.29) is 5.91 Å². The smallest absolute Gasteiger partial charge is 0.263 e. The molecule has 7 nitrogen and oxygen atoms in total. The van der Waals surface area contributed by atoms with Crippen molar-refractivity contribution in [1.82, 2.24) is 24.8 Å². The second-order valence-electron chi connectivity index (χ2n) is 4.46. The minimum absolute atomic E-state index is 0.178. The van der Waals surface area contributed by atoms with Crippen LogP contribution in [0.5, 0.6) is 0 Å². The Balaban J connectivity index is 1.60. The van der Waals surface area contributed by atoms with E-state index < -0.39 is 0 Å². The Hall–Kier alpha value is -2.48. The summed E-state index contributed by atoms with van der Waals surface area (Å²) in [4.78, 5) is 25.6. The molecule has 0 aliphatic carbocycles. The number of nitrogens with one attached hydrogen (secondary N) is 1. The molecule has 3 heterocycles. The summed E-state index contributed by atoms with van der Waals surface area (Å²) in [5.41, 5.74) is 6.94. The zero-order chi connectivity index (χ0) is 14.7. The molecule has 1 amide bonds. The lowest BCUT2D eigenvalue weighted by atomic mass is 10.3. The molecule has 108 valence electrons. The van der Waals surface area contributed by atoms with Gasteiger partial charge in [0.1, 0.15) is 15.2 Å². The third-order valence-corrected chi connectivity index (χ3v) is 4.11. The number of nitrogen functional groups attached to an aromatic ring is 1. The van der Waals surface area contributed by atoms with Gasteiger partial charge in [0.25, 0.3) is 5.91 Å². The Kier molecular flexibility index (Phi) is 3.78. The topological polar surface area (TPSA) is 98.7 Å². The highest BCUT2D eigenvalue weighted by Gasteiger charge is 2.17. The van der Waals surface area contributed by atoms with Gasteiger partial charge in [-0.25, -0.2) is 15.0 Å². The highest BCUT2D eigenvalue weighted by atomic mass is 32.1. The van der Waals surface area contributed by atoms with Crippen LogP contribution in [0.1, 0.15) is 16.1 Å². The van der Waals surface area contributed by atoms with Crippen molar-refractivity contribution < 1.29 is 4.79 Å². The average Bonchev–Trinajstić information content (AvgIpc) is 3.12. The molecule has 8 heteroatoms. The van der Waals surface area contributed by atoms with Crippen molar-refractivity contribution in [2.45, 2.75) is 13.0 Å². The van der Waals surface area contributed by atoms with Crippen molar-refractivity contribution in [2.24, 2.45) is 0 Å². The predicted octanol–water partition coefficient (Wildman–Crippen LogP) is 1.29. The first kappa shape index (κ1) is 13.5. The Morgan fingerprint density at radius 1 is 1.33 bits per heavy atom. The van der Waals surface area contributed by atoms with Crippen molar-refractivity contribution in [1.29, 1.82) is 0 Å². The minimum atomic E-state index is -0.178. The van der Waals surface area contributed by atoms with Crippen molar-refractivity contribution in [2.75, 3.05) is 12.3 Å². The van der Waals surface area contributed by atoms with Crippen LogP contribution in [-0.4, -0.2) is 32.0 Å². The van der Waals surface area contributed by atoms with Gasteiger partial charge in [-0.2, -0.15) is 0 Å². The molecule has 0 unspecified atom stereocenters. The molecule has 0 atom stereocenters. The normalized spacial score (nSPS) is 10.9. The Morgan fingerprint density at radius 3 is 2.95 bits per heavy atom. The fourth-order valence-corrected chi connectivity index (χ4v) is 2.91. The second kappa shape index (κ2) is 5.88. The zero-order valence-electron chi connectivity index (χ0n) is 11.2. The standard InChI is InChI=1S/C13H14N6OS/c14-9-10-13(18-4-3-16-10)21-11(9)12(20)17-2-1-6-19-7-5-15-8-19/h3-5,7-8H,1-2,6,14H2,(H,17,20). The maximum atomic E-state index is 12.1. The first-order valence-electron chi connectivity index (χ1n) is 6.48. The van der Waals surface area contributed by atoms with Crippen molar-refractivity contribution >= 4 is 33.3 Å². The molecule has 0 aliphatic heterocycles. The summed E-state index contributed by atoms with van der Waals surface area (Å²) in [7, 11) is 0. The summed E-state index contributed by atoms with van der Waals surface area (Å²) in [6.07, 6.45) is 9.36. The first-order valence-corrected chi connectivity index (χ1v) is 7.30. The number of amides is 1. The van der Waals surface area contributed by atoms with Crippen molar-refractivity contribution in [3.63, 3.8) is 0 Å². The van der Waals surface area contributed by atoms with Crippen LogP contribution in [0.2, 0.25) is 0 Å². The van der Waals surface area contributed by atoms with Crippen LogP contribution in [0, 0.1) is 0 Å². The summed E-state index contributed by atoms with van der Waals surface area (Å²) < 4.78 is 1.97. The number of hydrogen-bond donors (Lipinski definition) is 2. The van der Waals surface area contributed by atoms with Gasteiger partial charge in [-0.05, 0) is 6.42 Å².